The van der Waals surface area contributed by atoms with E-state index in [9.17, 15) is 4.79 Å². The fourth-order valence-electron chi connectivity index (χ4n) is 2.71. The van der Waals surface area contributed by atoms with Gasteiger partial charge in [-0.2, -0.15) is 0 Å². The van der Waals surface area contributed by atoms with E-state index >= 15 is 0 Å². The van der Waals surface area contributed by atoms with Crippen LogP contribution in [0.2, 0.25) is 0 Å². The number of methoxy groups -OCH3 is 2. The number of carbonyl (C=O) groups excluding carboxylic acids is 1. The van der Waals surface area contributed by atoms with Gasteiger partial charge in [0.25, 0.3) is 5.91 Å². The van der Waals surface area contributed by atoms with Crippen LogP contribution in [-0.2, 0) is 6.42 Å². The molecule has 4 nitrogen and oxygen atoms in total. The molecule has 2 rings (SSSR count). The second-order valence-electron chi connectivity index (χ2n) is 5.81. The molecule has 0 saturated heterocycles. The first-order valence-electron chi connectivity index (χ1n) is 8.12. The van der Waals surface area contributed by atoms with Crippen molar-refractivity contribution in [2.75, 3.05) is 14.2 Å². The van der Waals surface area contributed by atoms with Crippen LogP contribution in [0.4, 0.5) is 0 Å². The molecule has 1 N–H and O–H groups in total. The van der Waals surface area contributed by atoms with Crippen molar-refractivity contribution in [2.45, 2.75) is 33.2 Å². The SMILES string of the molecule is CCc1ccc(C(=O)NC(C)c2cc(OC)c(OC)cc2C)cc1. The minimum Gasteiger partial charge on any atom is -0.493 e. The number of hydrogen-bond donors (Lipinski definition) is 1. The zero-order valence-corrected chi connectivity index (χ0v) is 15.0. The van der Waals surface area contributed by atoms with Crippen molar-refractivity contribution >= 4 is 5.91 Å². The molecular formula is C20H25NO3. The lowest BCUT2D eigenvalue weighted by atomic mass is 10.0. The molecular weight excluding hydrogens is 302 g/mol. The Morgan fingerprint density at radius 3 is 2.21 bits per heavy atom. The third kappa shape index (κ3) is 3.88. The summed E-state index contributed by atoms with van der Waals surface area (Å²) in [6.45, 7) is 6.06. The Morgan fingerprint density at radius 2 is 1.67 bits per heavy atom. The molecule has 0 fully saturated rings. The maximum Gasteiger partial charge on any atom is 0.251 e. The van der Waals surface area contributed by atoms with Crippen molar-refractivity contribution in [1.82, 2.24) is 5.32 Å². The van der Waals surface area contributed by atoms with Crippen LogP contribution in [0, 0.1) is 6.92 Å². The van der Waals surface area contributed by atoms with Crippen LogP contribution < -0.4 is 14.8 Å². The summed E-state index contributed by atoms with van der Waals surface area (Å²) < 4.78 is 10.7. The van der Waals surface area contributed by atoms with Gasteiger partial charge in [-0.1, -0.05) is 19.1 Å². The van der Waals surface area contributed by atoms with Crippen LogP contribution in [0.1, 0.15) is 46.9 Å². The van der Waals surface area contributed by atoms with E-state index in [0.717, 1.165) is 17.5 Å². The second kappa shape index (κ2) is 7.86. The molecule has 0 bridgehead atoms. The van der Waals surface area contributed by atoms with Gasteiger partial charge in [0.05, 0.1) is 20.3 Å². The molecule has 1 unspecified atom stereocenters. The topological polar surface area (TPSA) is 47.6 Å². The third-order valence-electron chi connectivity index (χ3n) is 4.21. The number of benzene rings is 2. The summed E-state index contributed by atoms with van der Waals surface area (Å²) in [5.74, 6) is 1.26. The van der Waals surface area contributed by atoms with E-state index in [0.29, 0.717) is 17.1 Å². The van der Waals surface area contributed by atoms with Gasteiger partial charge < -0.3 is 14.8 Å². The first-order chi connectivity index (χ1) is 11.5. The van der Waals surface area contributed by atoms with E-state index < -0.39 is 0 Å². The second-order valence-corrected chi connectivity index (χ2v) is 5.81. The predicted molar refractivity (Wildman–Crippen MR) is 96.0 cm³/mol. The molecule has 0 aliphatic carbocycles. The summed E-state index contributed by atoms with van der Waals surface area (Å²) in [5.41, 5.74) is 3.93. The average molecular weight is 327 g/mol. The Bertz CT molecular complexity index is 708. The fourth-order valence-corrected chi connectivity index (χ4v) is 2.71. The molecule has 1 atom stereocenters. The highest BCUT2D eigenvalue weighted by Crippen LogP contribution is 2.32. The van der Waals surface area contributed by atoms with Crippen molar-refractivity contribution < 1.29 is 14.3 Å². The summed E-state index contributed by atoms with van der Waals surface area (Å²) in [7, 11) is 3.22. The molecule has 0 radical (unpaired) electrons. The van der Waals surface area contributed by atoms with Gasteiger partial charge in [-0.15, -0.1) is 0 Å². The largest absolute Gasteiger partial charge is 0.493 e. The molecule has 0 aliphatic heterocycles. The Morgan fingerprint density at radius 1 is 1.08 bits per heavy atom. The van der Waals surface area contributed by atoms with E-state index in [1.165, 1.54) is 5.56 Å². The van der Waals surface area contributed by atoms with E-state index in [4.69, 9.17) is 9.47 Å². The zero-order valence-electron chi connectivity index (χ0n) is 15.0. The highest BCUT2D eigenvalue weighted by molar-refractivity contribution is 5.94. The fraction of sp³-hybridized carbons (Fsp3) is 0.350. The van der Waals surface area contributed by atoms with Crippen molar-refractivity contribution in [3.63, 3.8) is 0 Å². The van der Waals surface area contributed by atoms with Gasteiger partial charge in [-0.05, 0) is 61.2 Å². The molecule has 0 aromatic heterocycles. The van der Waals surface area contributed by atoms with Crippen LogP contribution in [0.15, 0.2) is 36.4 Å². The Hall–Kier alpha value is -2.49. The maximum absolute atomic E-state index is 12.4. The molecule has 2 aromatic carbocycles. The number of hydrogen-bond acceptors (Lipinski definition) is 3. The van der Waals surface area contributed by atoms with Crippen LogP contribution in [0.5, 0.6) is 11.5 Å². The van der Waals surface area contributed by atoms with Gasteiger partial charge in [0.1, 0.15) is 0 Å². The average Bonchev–Trinajstić information content (AvgIpc) is 2.61. The first kappa shape index (κ1) is 17.9. The van der Waals surface area contributed by atoms with Crippen molar-refractivity contribution in [3.8, 4) is 11.5 Å². The molecule has 1 amide bonds. The van der Waals surface area contributed by atoms with Crippen molar-refractivity contribution in [1.29, 1.82) is 0 Å². The van der Waals surface area contributed by atoms with E-state index in [1.807, 2.05) is 50.2 Å². The molecule has 0 saturated carbocycles. The lowest BCUT2D eigenvalue weighted by Gasteiger charge is -2.19. The highest BCUT2D eigenvalue weighted by atomic mass is 16.5. The zero-order chi connectivity index (χ0) is 17.7. The van der Waals surface area contributed by atoms with Gasteiger partial charge in [-0.3, -0.25) is 4.79 Å². The third-order valence-corrected chi connectivity index (χ3v) is 4.21. The van der Waals surface area contributed by atoms with E-state index in [2.05, 4.69) is 12.2 Å². The summed E-state index contributed by atoms with van der Waals surface area (Å²) in [6.07, 6.45) is 0.961. The van der Waals surface area contributed by atoms with Crippen molar-refractivity contribution in [3.05, 3.63) is 58.7 Å². The van der Waals surface area contributed by atoms with Crippen LogP contribution in [0.25, 0.3) is 0 Å². The predicted octanol–water partition coefficient (Wildman–Crippen LogP) is 4.07. The normalized spacial score (nSPS) is 11.7. The van der Waals surface area contributed by atoms with Crippen LogP contribution in [0.3, 0.4) is 0 Å². The minimum absolute atomic E-state index is 0.0839. The lowest BCUT2D eigenvalue weighted by Crippen LogP contribution is -2.27. The number of nitrogens with one attached hydrogen (secondary N) is 1. The van der Waals surface area contributed by atoms with Crippen LogP contribution >= 0.6 is 0 Å². The Kier molecular flexibility index (Phi) is 5.85. The van der Waals surface area contributed by atoms with Gasteiger partial charge in [-0.25, -0.2) is 0 Å². The van der Waals surface area contributed by atoms with E-state index in [-0.39, 0.29) is 11.9 Å². The summed E-state index contributed by atoms with van der Waals surface area (Å²) >= 11 is 0. The highest BCUT2D eigenvalue weighted by Gasteiger charge is 2.16. The first-order valence-corrected chi connectivity index (χ1v) is 8.12. The molecule has 4 heteroatoms. The van der Waals surface area contributed by atoms with Gasteiger partial charge >= 0.3 is 0 Å². The smallest absolute Gasteiger partial charge is 0.251 e. The quantitative estimate of drug-likeness (QED) is 0.870. The Labute approximate surface area is 143 Å². The van der Waals surface area contributed by atoms with Gasteiger partial charge in [0, 0.05) is 5.56 Å². The molecule has 0 heterocycles. The van der Waals surface area contributed by atoms with Gasteiger partial charge in [0.15, 0.2) is 11.5 Å². The van der Waals surface area contributed by atoms with E-state index in [1.54, 1.807) is 14.2 Å². The minimum atomic E-state index is -0.136. The lowest BCUT2D eigenvalue weighted by molar-refractivity contribution is 0.0939. The standard InChI is InChI=1S/C20H25NO3/c1-6-15-7-9-16(10-8-15)20(22)21-14(3)17-12-19(24-5)18(23-4)11-13(17)2/h7-12,14H,6H2,1-5H3,(H,21,22). The molecule has 128 valence electrons. The molecule has 24 heavy (non-hydrogen) atoms. The molecule has 2 aromatic rings. The number of amides is 1. The molecule has 0 spiro atoms. The number of ether oxygens (including phenoxy) is 2. The molecule has 0 aliphatic rings. The van der Waals surface area contributed by atoms with Gasteiger partial charge in [0.2, 0.25) is 0 Å². The monoisotopic (exact) mass is 327 g/mol. The van der Waals surface area contributed by atoms with Crippen LogP contribution in [-0.4, -0.2) is 20.1 Å². The summed E-state index contributed by atoms with van der Waals surface area (Å²) in [6, 6.07) is 11.4. The summed E-state index contributed by atoms with van der Waals surface area (Å²) in [4.78, 5) is 12.4. The Balaban J connectivity index is 2.19. The summed E-state index contributed by atoms with van der Waals surface area (Å²) in [5, 5.41) is 3.04. The number of aryl methyl sites for hydroxylation is 2. The number of carbonyl (C=O) groups is 1. The van der Waals surface area contributed by atoms with Crippen molar-refractivity contribution in [2.24, 2.45) is 0 Å². The number of rotatable bonds is 6. The maximum atomic E-state index is 12.4.